The van der Waals surface area contributed by atoms with Gasteiger partial charge in [0.15, 0.2) is 11.5 Å². The van der Waals surface area contributed by atoms with Crippen molar-refractivity contribution in [2.24, 2.45) is 0 Å². The minimum atomic E-state index is -0.513. The molecule has 0 unspecified atom stereocenters. The molecule has 1 saturated heterocycles. The van der Waals surface area contributed by atoms with Crippen LogP contribution in [-0.4, -0.2) is 42.2 Å². The van der Waals surface area contributed by atoms with Crippen LogP contribution in [0.25, 0.3) is 6.08 Å². The highest BCUT2D eigenvalue weighted by Crippen LogP contribution is 2.34. The summed E-state index contributed by atoms with van der Waals surface area (Å²) in [6.07, 6.45) is 3.22. The predicted molar refractivity (Wildman–Crippen MR) is 131 cm³/mol. The molecule has 33 heavy (non-hydrogen) atoms. The van der Waals surface area contributed by atoms with Gasteiger partial charge in [-0.15, -0.1) is 0 Å². The molecule has 1 aliphatic heterocycles. The summed E-state index contributed by atoms with van der Waals surface area (Å²) in [5.74, 6) is 0.462. The summed E-state index contributed by atoms with van der Waals surface area (Å²) in [6, 6.07) is 12.7. The molecule has 0 aliphatic carbocycles. The smallest absolute Gasteiger partial charge is 0.294 e. The average molecular weight is 467 g/mol. The summed E-state index contributed by atoms with van der Waals surface area (Å²) >= 11 is 0.795. The molecule has 7 nitrogen and oxygen atoms in total. The molecule has 2 aromatic rings. The fraction of sp³-hybridized carbons (Fsp3) is 0.240. The van der Waals surface area contributed by atoms with Gasteiger partial charge in [0.1, 0.15) is 13.2 Å². The maximum atomic E-state index is 12.8. The number of ether oxygens (including phenoxy) is 2. The van der Waals surface area contributed by atoms with Gasteiger partial charge in [-0.1, -0.05) is 44.7 Å². The lowest BCUT2D eigenvalue weighted by Gasteiger charge is -2.13. The molecule has 0 bridgehead atoms. The van der Waals surface area contributed by atoms with Crippen LogP contribution >= 0.6 is 11.8 Å². The molecule has 0 aromatic heterocycles. The minimum absolute atomic E-state index is 0.232. The molecule has 3 rings (SSSR count). The predicted octanol–water partition coefficient (Wildman–Crippen LogP) is 5.06. The molecule has 1 aliphatic rings. The van der Waals surface area contributed by atoms with Crippen LogP contribution in [0.4, 0.5) is 10.5 Å². The summed E-state index contributed by atoms with van der Waals surface area (Å²) in [7, 11) is 1.52. The number of rotatable bonds is 9. The minimum Gasteiger partial charge on any atom is -0.493 e. The highest BCUT2D eigenvalue weighted by atomic mass is 32.2. The number of methoxy groups -OCH3 is 1. The largest absolute Gasteiger partial charge is 0.493 e. The van der Waals surface area contributed by atoms with Gasteiger partial charge in [0.05, 0.1) is 12.0 Å². The normalized spacial score (nSPS) is 14.7. The maximum absolute atomic E-state index is 12.8. The molecule has 3 amide bonds. The van der Waals surface area contributed by atoms with E-state index in [4.69, 9.17) is 9.47 Å². The van der Waals surface area contributed by atoms with Gasteiger partial charge in [0.2, 0.25) is 5.91 Å². The lowest BCUT2D eigenvalue weighted by molar-refractivity contribution is -0.127. The van der Waals surface area contributed by atoms with Crippen LogP contribution in [0.1, 0.15) is 30.9 Å². The van der Waals surface area contributed by atoms with E-state index in [-0.39, 0.29) is 11.4 Å². The Bertz CT molecular complexity index is 1090. The summed E-state index contributed by atoms with van der Waals surface area (Å²) in [5.41, 5.74) is 2.43. The van der Waals surface area contributed by atoms with E-state index in [1.807, 2.05) is 12.1 Å². The third kappa shape index (κ3) is 6.04. The zero-order valence-corrected chi connectivity index (χ0v) is 19.6. The van der Waals surface area contributed by atoms with E-state index in [0.717, 1.165) is 22.2 Å². The van der Waals surface area contributed by atoms with Crippen molar-refractivity contribution < 1.29 is 23.9 Å². The molecule has 2 aromatic carbocycles. The van der Waals surface area contributed by atoms with Gasteiger partial charge in [-0.25, -0.2) is 0 Å². The lowest BCUT2D eigenvalue weighted by atomic mass is 10.0. The van der Waals surface area contributed by atoms with Gasteiger partial charge in [-0.3, -0.25) is 19.3 Å². The van der Waals surface area contributed by atoms with Gasteiger partial charge in [-0.2, -0.15) is 0 Å². The summed E-state index contributed by atoms with van der Waals surface area (Å²) < 4.78 is 10.9. The Labute approximate surface area is 197 Å². The molecule has 1 N–H and O–H groups in total. The van der Waals surface area contributed by atoms with E-state index in [1.165, 1.54) is 7.11 Å². The number of anilines is 1. The van der Waals surface area contributed by atoms with Crippen LogP contribution in [0.15, 0.2) is 60.0 Å². The standard InChI is InChI=1S/C25H26N2O5S/c1-5-12-32-20-11-6-17(13-21(20)31-4)14-22-24(29)27(25(30)33-22)15-23(28)26-19-9-7-18(8-10-19)16(2)3/h5-11,13-14,16H,1,12,15H2,2-4H3,(H,26,28)/b22-14+. The second kappa shape index (κ2) is 10.9. The first kappa shape index (κ1) is 24.1. The second-order valence-corrected chi connectivity index (χ2v) is 8.60. The summed E-state index contributed by atoms with van der Waals surface area (Å²) in [6.45, 7) is 7.76. The van der Waals surface area contributed by atoms with Crippen molar-refractivity contribution in [2.75, 3.05) is 25.6 Å². The van der Waals surface area contributed by atoms with Gasteiger partial charge in [0.25, 0.3) is 11.1 Å². The number of nitrogens with one attached hydrogen (secondary N) is 1. The van der Waals surface area contributed by atoms with E-state index in [9.17, 15) is 14.4 Å². The molecule has 0 atom stereocenters. The second-order valence-electron chi connectivity index (χ2n) is 7.60. The fourth-order valence-electron chi connectivity index (χ4n) is 3.13. The first-order valence-electron chi connectivity index (χ1n) is 10.4. The first-order chi connectivity index (χ1) is 15.8. The molecule has 0 saturated carbocycles. The molecule has 0 radical (unpaired) electrons. The van der Waals surface area contributed by atoms with Crippen molar-refractivity contribution in [3.8, 4) is 11.5 Å². The number of carbonyl (C=O) groups is 3. The number of carbonyl (C=O) groups excluding carboxylic acids is 3. The Morgan fingerprint density at radius 1 is 1.15 bits per heavy atom. The number of nitrogens with zero attached hydrogens (tertiary/aromatic N) is 1. The Morgan fingerprint density at radius 3 is 2.52 bits per heavy atom. The van der Waals surface area contributed by atoms with E-state index in [0.29, 0.717) is 35.3 Å². The number of benzene rings is 2. The number of hydrogen-bond acceptors (Lipinski definition) is 6. The van der Waals surface area contributed by atoms with E-state index >= 15 is 0 Å². The quantitative estimate of drug-likeness (QED) is 0.411. The van der Waals surface area contributed by atoms with E-state index in [2.05, 4.69) is 25.7 Å². The molecule has 1 fully saturated rings. The van der Waals surface area contributed by atoms with Crippen molar-refractivity contribution in [3.63, 3.8) is 0 Å². The Kier molecular flexibility index (Phi) is 7.95. The van der Waals surface area contributed by atoms with Crippen molar-refractivity contribution in [1.29, 1.82) is 0 Å². The topological polar surface area (TPSA) is 84.9 Å². The van der Waals surface area contributed by atoms with Gasteiger partial charge < -0.3 is 14.8 Å². The van der Waals surface area contributed by atoms with Gasteiger partial charge in [0, 0.05) is 5.69 Å². The molecular formula is C25H26N2O5S. The van der Waals surface area contributed by atoms with Crippen molar-refractivity contribution in [2.45, 2.75) is 19.8 Å². The SMILES string of the molecule is C=CCOc1ccc(/C=C2/SC(=O)N(CC(=O)Nc3ccc(C(C)C)cc3)C2=O)cc1OC. The van der Waals surface area contributed by atoms with E-state index < -0.39 is 17.1 Å². The lowest BCUT2D eigenvalue weighted by Crippen LogP contribution is -2.36. The number of imide groups is 1. The van der Waals surface area contributed by atoms with Crippen LogP contribution in [0.3, 0.4) is 0 Å². The highest BCUT2D eigenvalue weighted by Gasteiger charge is 2.36. The fourth-order valence-corrected chi connectivity index (χ4v) is 3.96. The Morgan fingerprint density at radius 2 is 1.88 bits per heavy atom. The number of thioether (sulfide) groups is 1. The van der Waals surface area contributed by atoms with Crippen molar-refractivity contribution in [1.82, 2.24) is 4.90 Å². The maximum Gasteiger partial charge on any atom is 0.294 e. The molecule has 0 spiro atoms. The van der Waals surface area contributed by atoms with Crippen LogP contribution in [0, 0.1) is 0 Å². The monoisotopic (exact) mass is 466 g/mol. The highest BCUT2D eigenvalue weighted by molar-refractivity contribution is 8.18. The Balaban J connectivity index is 1.68. The Hall–Kier alpha value is -3.52. The molecular weight excluding hydrogens is 440 g/mol. The zero-order chi connectivity index (χ0) is 24.0. The van der Waals surface area contributed by atoms with Crippen LogP contribution in [0.2, 0.25) is 0 Å². The summed E-state index contributed by atoms with van der Waals surface area (Å²) in [5, 5.41) is 2.24. The third-order valence-corrected chi connectivity index (χ3v) is 5.79. The van der Waals surface area contributed by atoms with Crippen LogP contribution in [-0.2, 0) is 9.59 Å². The third-order valence-electron chi connectivity index (χ3n) is 4.88. The molecule has 172 valence electrons. The molecule has 8 heteroatoms. The summed E-state index contributed by atoms with van der Waals surface area (Å²) in [4.78, 5) is 38.7. The van der Waals surface area contributed by atoms with Crippen LogP contribution < -0.4 is 14.8 Å². The average Bonchev–Trinajstić information content (AvgIpc) is 3.05. The van der Waals surface area contributed by atoms with Gasteiger partial charge >= 0.3 is 0 Å². The van der Waals surface area contributed by atoms with Crippen LogP contribution in [0.5, 0.6) is 11.5 Å². The first-order valence-corrected chi connectivity index (χ1v) is 11.2. The van der Waals surface area contributed by atoms with Gasteiger partial charge in [-0.05, 0) is 59.1 Å². The number of amides is 3. The van der Waals surface area contributed by atoms with Crippen molar-refractivity contribution >= 4 is 40.6 Å². The zero-order valence-electron chi connectivity index (χ0n) is 18.8. The van der Waals surface area contributed by atoms with E-state index in [1.54, 1.807) is 42.5 Å². The van der Waals surface area contributed by atoms with Crippen molar-refractivity contribution in [3.05, 3.63) is 71.2 Å². The molecule has 1 heterocycles. The number of hydrogen-bond donors (Lipinski definition) is 1.